The maximum atomic E-state index is 12.5. The molecule has 2 atom stereocenters. The van der Waals surface area contributed by atoms with E-state index in [1.807, 2.05) is 31.2 Å². The standard InChI is InChI=1S/C17H22F3N3O/c1-12-8-14-4-2-3-5-15(14)23(12)16(24)21-9-13-6-7-22(10-13)11-17(18,19)20/h2-5,12-13H,6-11H2,1H3,(H,21,24). The van der Waals surface area contributed by atoms with Crippen LogP contribution >= 0.6 is 0 Å². The van der Waals surface area contributed by atoms with Gasteiger partial charge < -0.3 is 5.32 Å². The highest BCUT2D eigenvalue weighted by Crippen LogP contribution is 2.31. The van der Waals surface area contributed by atoms with E-state index in [1.54, 1.807) is 4.90 Å². The number of carbonyl (C=O) groups is 1. The molecule has 3 rings (SSSR count). The van der Waals surface area contributed by atoms with Gasteiger partial charge in [0, 0.05) is 24.8 Å². The molecule has 1 aromatic carbocycles. The normalized spacial score (nSPS) is 24.2. The topological polar surface area (TPSA) is 35.6 Å². The Morgan fingerprint density at radius 1 is 1.33 bits per heavy atom. The van der Waals surface area contributed by atoms with E-state index in [9.17, 15) is 18.0 Å². The first-order chi connectivity index (χ1) is 11.3. The van der Waals surface area contributed by atoms with E-state index < -0.39 is 12.7 Å². The first-order valence-corrected chi connectivity index (χ1v) is 8.27. The summed E-state index contributed by atoms with van der Waals surface area (Å²) in [7, 11) is 0. The number of hydrogen-bond acceptors (Lipinski definition) is 2. The van der Waals surface area contributed by atoms with E-state index in [2.05, 4.69) is 5.32 Å². The van der Waals surface area contributed by atoms with Crippen LogP contribution < -0.4 is 10.2 Å². The van der Waals surface area contributed by atoms with Crippen molar-refractivity contribution in [3.8, 4) is 0 Å². The third-order valence-electron chi connectivity index (χ3n) is 4.74. The molecule has 7 heteroatoms. The number of carbonyl (C=O) groups excluding carboxylic acids is 1. The van der Waals surface area contributed by atoms with Crippen LogP contribution in [0.5, 0.6) is 0 Å². The van der Waals surface area contributed by atoms with Crippen LogP contribution in [0.3, 0.4) is 0 Å². The smallest absolute Gasteiger partial charge is 0.337 e. The summed E-state index contributed by atoms with van der Waals surface area (Å²) in [4.78, 5) is 15.7. The van der Waals surface area contributed by atoms with Crippen molar-refractivity contribution >= 4 is 11.7 Å². The molecule has 0 radical (unpaired) electrons. The summed E-state index contributed by atoms with van der Waals surface area (Å²) >= 11 is 0. The average molecular weight is 341 g/mol. The van der Waals surface area contributed by atoms with Crippen molar-refractivity contribution in [3.05, 3.63) is 29.8 Å². The van der Waals surface area contributed by atoms with E-state index in [0.29, 0.717) is 26.1 Å². The van der Waals surface area contributed by atoms with Gasteiger partial charge in [0.2, 0.25) is 0 Å². The Morgan fingerprint density at radius 3 is 2.83 bits per heavy atom. The number of fused-ring (bicyclic) bond motifs is 1. The average Bonchev–Trinajstić information content (AvgIpc) is 3.06. The minimum atomic E-state index is -4.16. The molecule has 132 valence electrons. The Morgan fingerprint density at radius 2 is 2.08 bits per heavy atom. The van der Waals surface area contributed by atoms with Gasteiger partial charge >= 0.3 is 12.2 Å². The lowest BCUT2D eigenvalue weighted by molar-refractivity contribution is -0.143. The molecule has 24 heavy (non-hydrogen) atoms. The Kier molecular flexibility index (Phi) is 4.71. The molecule has 0 bridgehead atoms. The summed E-state index contributed by atoms with van der Waals surface area (Å²) in [5, 5.41) is 2.90. The van der Waals surface area contributed by atoms with Crippen LogP contribution in [0.1, 0.15) is 18.9 Å². The van der Waals surface area contributed by atoms with Crippen LogP contribution in [0.4, 0.5) is 23.7 Å². The molecule has 4 nitrogen and oxygen atoms in total. The summed E-state index contributed by atoms with van der Waals surface area (Å²) in [5.74, 6) is 0.0736. The number of hydrogen-bond donors (Lipinski definition) is 1. The molecule has 2 unspecified atom stereocenters. The van der Waals surface area contributed by atoms with Crippen LogP contribution in [0.2, 0.25) is 0 Å². The van der Waals surface area contributed by atoms with Crippen LogP contribution in [0, 0.1) is 5.92 Å². The van der Waals surface area contributed by atoms with Crippen LogP contribution in [0.25, 0.3) is 0 Å². The number of nitrogens with zero attached hydrogens (tertiary/aromatic N) is 2. The summed E-state index contributed by atoms with van der Waals surface area (Å²) in [6, 6.07) is 7.74. The largest absolute Gasteiger partial charge is 0.401 e. The second-order valence-corrected chi connectivity index (χ2v) is 6.74. The monoisotopic (exact) mass is 341 g/mol. The first-order valence-electron chi connectivity index (χ1n) is 8.27. The number of halogens is 3. The van der Waals surface area contributed by atoms with Crippen LogP contribution in [-0.2, 0) is 6.42 Å². The molecule has 0 aromatic heterocycles. The highest BCUT2D eigenvalue weighted by Gasteiger charge is 2.35. The van der Waals surface area contributed by atoms with Crippen molar-refractivity contribution in [3.63, 3.8) is 0 Å². The van der Waals surface area contributed by atoms with Gasteiger partial charge in [-0.15, -0.1) is 0 Å². The SMILES string of the molecule is CC1Cc2ccccc2N1C(=O)NCC1CCN(CC(F)(F)F)C1. The Hall–Kier alpha value is -1.76. The Labute approximate surface area is 139 Å². The number of urea groups is 1. The van der Waals surface area contributed by atoms with Crippen molar-refractivity contribution in [2.75, 3.05) is 31.1 Å². The quantitative estimate of drug-likeness (QED) is 0.917. The van der Waals surface area contributed by atoms with Gasteiger partial charge in [-0.1, -0.05) is 18.2 Å². The second kappa shape index (κ2) is 6.63. The third-order valence-corrected chi connectivity index (χ3v) is 4.74. The van der Waals surface area contributed by atoms with Crippen molar-refractivity contribution in [2.24, 2.45) is 5.92 Å². The lowest BCUT2D eigenvalue weighted by atomic mass is 10.1. The number of anilines is 1. The van der Waals surface area contributed by atoms with Gasteiger partial charge in [-0.3, -0.25) is 9.80 Å². The molecular weight excluding hydrogens is 319 g/mol. The van der Waals surface area contributed by atoms with Gasteiger partial charge in [0.05, 0.1) is 6.54 Å². The Bertz CT molecular complexity index is 605. The Balaban J connectivity index is 1.52. The molecule has 1 saturated heterocycles. The van der Waals surface area contributed by atoms with Gasteiger partial charge in [0.1, 0.15) is 0 Å². The number of likely N-dealkylation sites (tertiary alicyclic amines) is 1. The maximum Gasteiger partial charge on any atom is 0.401 e. The molecule has 0 spiro atoms. The summed E-state index contributed by atoms with van der Waals surface area (Å²) in [6.07, 6.45) is -2.65. The molecule has 2 aliphatic heterocycles. The van der Waals surface area contributed by atoms with E-state index in [0.717, 1.165) is 17.7 Å². The highest BCUT2D eigenvalue weighted by atomic mass is 19.4. The second-order valence-electron chi connectivity index (χ2n) is 6.74. The van der Waals surface area contributed by atoms with Crippen molar-refractivity contribution in [2.45, 2.75) is 32.0 Å². The van der Waals surface area contributed by atoms with Gasteiger partial charge in [0.25, 0.3) is 0 Å². The van der Waals surface area contributed by atoms with Crippen LogP contribution in [-0.4, -0.2) is 49.3 Å². The molecule has 2 aliphatic rings. The molecule has 1 fully saturated rings. The summed E-state index contributed by atoms with van der Waals surface area (Å²) in [5.41, 5.74) is 2.07. The number of alkyl halides is 3. The number of nitrogens with one attached hydrogen (secondary N) is 1. The van der Waals surface area contributed by atoms with E-state index in [1.165, 1.54) is 4.90 Å². The molecular formula is C17H22F3N3O. The predicted molar refractivity (Wildman–Crippen MR) is 86.1 cm³/mol. The molecule has 2 amide bonds. The maximum absolute atomic E-state index is 12.5. The molecule has 1 N–H and O–H groups in total. The number of para-hydroxylation sites is 1. The minimum Gasteiger partial charge on any atom is -0.337 e. The van der Waals surface area contributed by atoms with Gasteiger partial charge in [0.15, 0.2) is 0 Å². The van der Waals surface area contributed by atoms with Crippen molar-refractivity contribution in [1.29, 1.82) is 0 Å². The van der Waals surface area contributed by atoms with Crippen molar-refractivity contribution < 1.29 is 18.0 Å². The van der Waals surface area contributed by atoms with Crippen molar-refractivity contribution in [1.82, 2.24) is 10.2 Å². The lowest BCUT2D eigenvalue weighted by Crippen LogP contribution is -2.45. The third kappa shape index (κ3) is 3.83. The number of benzene rings is 1. The molecule has 0 aliphatic carbocycles. The zero-order valence-electron chi connectivity index (χ0n) is 13.6. The first kappa shape index (κ1) is 17.1. The summed E-state index contributed by atoms with van der Waals surface area (Å²) in [6.45, 7) is 2.36. The highest BCUT2D eigenvalue weighted by molar-refractivity contribution is 5.94. The summed E-state index contributed by atoms with van der Waals surface area (Å²) < 4.78 is 37.3. The number of amides is 2. The predicted octanol–water partition coefficient (Wildman–Crippen LogP) is 3.03. The van der Waals surface area contributed by atoms with E-state index in [-0.39, 0.29) is 18.0 Å². The van der Waals surface area contributed by atoms with Gasteiger partial charge in [-0.05, 0) is 43.9 Å². The van der Waals surface area contributed by atoms with Gasteiger partial charge in [-0.2, -0.15) is 13.2 Å². The molecule has 1 aromatic rings. The van der Waals surface area contributed by atoms with E-state index in [4.69, 9.17) is 0 Å². The van der Waals surface area contributed by atoms with Crippen LogP contribution in [0.15, 0.2) is 24.3 Å². The molecule has 2 heterocycles. The molecule has 0 saturated carbocycles. The van der Waals surface area contributed by atoms with E-state index >= 15 is 0 Å². The fraction of sp³-hybridized carbons (Fsp3) is 0.588. The fourth-order valence-corrected chi connectivity index (χ4v) is 3.67. The minimum absolute atomic E-state index is 0.0736. The zero-order chi connectivity index (χ0) is 17.3. The fourth-order valence-electron chi connectivity index (χ4n) is 3.67. The van der Waals surface area contributed by atoms with Gasteiger partial charge in [-0.25, -0.2) is 4.79 Å². The zero-order valence-corrected chi connectivity index (χ0v) is 13.6. The number of rotatable bonds is 3. The lowest BCUT2D eigenvalue weighted by Gasteiger charge is -2.24.